The molecule has 34 nitrogen and oxygen atoms in total. The number of nitrogen functional groups attached to an aromatic ring is 1. The van der Waals surface area contributed by atoms with Crippen LogP contribution in [-0.2, 0) is 9.47 Å². The molecule has 16 aromatic rings. The van der Waals surface area contributed by atoms with Crippen LogP contribution < -0.4 is 62.3 Å². The minimum Gasteiger partial charge on any atom is -0.870 e. The quantitative estimate of drug-likeness (QED) is 0.0125. The number of esters is 2. The average Bonchev–Trinajstić information content (AvgIpc) is 1.62. The fourth-order valence-corrected chi connectivity index (χ4v) is 12.1. The van der Waals surface area contributed by atoms with Crippen LogP contribution in [0.5, 0.6) is 0 Å². The third-order valence-corrected chi connectivity index (χ3v) is 18.8. The van der Waals surface area contributed by atoms with Crippen LogP contribution in [-0.4, -0.2) is 153 Å². The van der Waals surface area contributed by atoms with Crippen LogP contribution in [0.15, 0.2) is 165 Å². The third-order valence-electron chi connectivity index (χ3n) is 17.6. The first-order valence-corrected chi connectivity index (χ1v) is 39.9. The van der Waals surface area contributed by atoms with Crippen molar-refractivity contribution in [2.75, 3.05) is 48.0 Å². The average molecular weight is 1990 g/mol. The number of methoxy groups -OCH3 is 2. The number of hydrogen-bond acceptors (Lipinski definition) is 32. The zero-order valence-corrected chi connectivity index (χ0v) is 75.6. The van der Waals surface area contributed by atoms with Crippen LogP contribution in [0.2, 0.25) is 25.2 Å². The molecule has 2 aliphatic rings. The Kier molecular flexibility index (Phi) is 36.0. The molecule has 18 rings (SSSR count). The summed E-state index contributed by atoms with van der Waals surface area (Å²) in [5.41, 5.74) is 16.3. The third kappa shape index (κ3) is 25.5. The van der Waals surface area contributed by atoms with Crippen LogP contribution in [0.3, 0.4) is 0 Å². The van der Waals surface area contributed by atoms with Crippen LogP contribution in [0.4, 0.5) is 62.2 Å². The smallest absolute Gasteiger partial charge is 0.870 e. The van der Waals surface area contributed by atoms with Gasteiger partial charge in [0.1, 0.15) is 84.1 Å². The SMILES string of the molecule is C.COC(=O)c1cnccc1N.COC(=O)c1cnccc1Nc1nc(-c2cc(Cl)ccc2F)nc2onc(C)c12.Cc1noc2nc(-c3cc(Cl)ccc3F)nc(Cl)c12.Cc1noc2nc(-c3cc(Cl)ccc3F)nc(Nc3ccncc3C(=O)NC3CC3)c12.Cc1noc2nc(-c3cc(Cl)ccc3F)nc(Nc3ccncc3C(=O)O)c12.NC1CC1.[2H]CF.[2H]CI.[Na+].[OH-]. The molecule has 1 amide bonds. The van der Waals surface area contributed by atoms with Gasteiger partial charge in [-0.1, -0.05) is 109 Å². The molecule has 664 valence electrons. The molecule has 12 aromatic heterocycles. The fraction of sp³-hybridized carbons (Fsp3) is 0.181. The van der Waals surface area contributed by atoms with Gasteiger partial charge >= 0.3 is 47.5 Å². The second-order valence-electron chi connectivity index (χ2n) is 26.3. The Labute approximate surface area is 792 Å². The van der Waals surface area contributed by atoms with E-state index in [1.807, 2.05) is 22.6 Å². The molecule has 10 N–H and O–H groups in total. The summed E-state index contributed by atoms with van der Waals surface area (Å²) in [7, 11) is 1.57. The Hall–Kier alpha value is -12.5. The largest absolute Gasteiger partial charge is 1.00 e. The molecule has 0 unspecified atom stereocenters. The van der Waals surface area contributed by atoms with Gasteiger partial charge in [0.05, 0.1) is 90.4 Å². The summed E-state index contributed by atoms with van der Waals surface area (Å²) >= 11 is 31.8. The first-order valence-electron chi connectivity index (χ1n) is 37.9. The number of aromatic carboxylic acids is 1. The Morgan fingerprint density at radius 1 is 0.481 bits per heavy atom. The summed E-state index contributed by atoms with van der Waals surface area (Å²) in [5, 5.41) is 40.4. The molecule has 129 heavy (non-hydrogen) atoms. The van der Waals surface area contributed by atoms with Gasteiger partial charge in [0.2, 0.25) is 0 Å². The van der Waals surface area contributed by atoms with Gasteiger partial charge in [-0.05, 0) is 155 Å². The van der Waals surface area contributed by atoms with Crippen molar-refractivity contribution in [1.29, 1.82) is 0 Å². The molecular formula is C83H72Cl5F5IN22NaO12. The summed E-state index contributed by atoms with van der Waals surface area (Å²) in [4.78, 5) is 97.3. The van der Waals surface area contributed by atoms with Gasteiger partial charge in [0.25, 0.3) is 28.8 Å². The van der Waals surface area contributed by atoms with Gasteiger partial charge in [0.15, 0.2) is 23.3 Å². The van der Waals surface area contributed by atoms with Gasteiger partial charge in [0, 0.05) is 88.8 Å². The zero-order chi connectivity index (χ0) is 92.2. The van der Waals surface area contributed by atoms with Crippen LogP contribution >= 0.6 is 80.6 Å². The molecule has 0 aliphatic heterocycles. The number of carbonyl (C=O) groups is 4. The van der Waals surface area contributed by atoms with Crippen LogP contribution in [0, 0.1) is 51.0 Å². The summed E-state index contributed by atoms with van der Waals surface area (Å²) < 4.78 is 109. The van der Waals surface area contributed by atoms with E-state index in [-0.39, 0.29) is 156 Å². The summed E-state index contributed by atoms with van der Waals surface area (Å²) in [6, 6.07) is 23.4. The van der Waals surface area contributed by atoms with E-state index in [0.29, 0.717) is 109 Å². The summed E-state index contributed by atoms with van der Waals surface area (Å²) in [6.45, 7) is 6.87. The van der Waals surface area contributed by atoms with Crippen molar-refractivity contribution in [3.63, 3.8) is 0 Å². The number of alkyl halides is 2. The zero-order valence-electron chi connectivity index (χ0n) is 69.7. The molecular weight excluding hydrogens is 1920 g/mol. The molecule has 2 fully saturated rings. The van der Waals surface area contributed by atoms with Crippen molar-refractivity contribution in [3.8, 4) is 45.6 Å². The molecule has 2 aliphatic carbocycles. The number of pyridine rings is 4. The summed E-state index contributed by atoms with van der Waals surface area (Å²) in [6.07, 6.45) is 15.9. The Balaban J connectivity index is 0.000000200. The number of fused-ring (bicyclic) bond motifs is 4. The maximum absolute atomic E-state index is 14.5. The van der Waals surface area contributed by atoms with E-state index in [1.54, 1.807) is 52.1 Å². The van der Waals surface area contributed by atoms with Gasteiger partial charge in [-0.2, -0.15) is 19.9 Å². The topological polar surface area (TPSA) is 496 Å². The number of aromatic nitrogens is 16. The number of ether oxygens (including phenoxy) is 2. The van der Waals surface area contributed by atoms with E-state index in [1.165, 1.54) is 149 Å². The second kappa shape index (κ2) is 47.0. The maximum atomic E-state index is 14.5. The summed E-state index contributed by atoms with van der Waals surface area (Å²) in [5.74, 6) is -3.51. The van der Waals surface area contributed by atoms with Gasteiger partial charge in [-0.3, -0.25) is 29.1 Å². The number of aryl methyl sites for hydroxylation is 4. The molecule has 0 spiro atoms. The molecule has 4 aromatic carbocycles. The normalized spacial score (nSPS) is 11.6. The minimum atomic E-state index is -1.16. The van der Waals surface area contributed by atoms with Gasteiger partial charge in [-0.25, -0.2) is 51.9 Å². The monoisotopic (exact) mass is 1990 g/mol. The number of carboxylic acids is 1. The number of hydrogen-bond donors (Lipinski definition) is 7. The van der Waals surface area contributed by atoms with E-state index in [4.69, 9.17) is 95.0 Å². The van der Waals surface area contributed by atoms with Crippen molar-refractivity contribution in [1.82, 2.24) is 85.8 Å². The number of carbonyl (C=O) groups excluding carboxylic acids is 3. The van der Waals surface area contributed by atoms with Gasteiger partial charge < -0.3 is 70.9 Å². The second-order valence-corrected chi connectivity index (χ2v) is 28.4. The molecule has 0 atom stereocenters. The number of carboxylic acid groups (broad SMARTS) is 1. The maximum Gasteiger partial charge on any atom is 1.00 e. The Morgan fingerprint density at radius 2 is 0.775 bits per heavy atom. The van der Waals surface area contributed by atoms with Crippen molar-refractivity contribution in [2.45, 2.75) is 72.9 Å². The number of nitrogens with one attached hydrogen (secondary N) is 4. The Morgan fingerprint density at radius 3 is 1.11 bits per heavy atom. The van der Waals surface area contributed by atoms with Crippen molar-refractivity contribution in [3.05, 3.63) is 240 Å². The molecule has 12 heterocycles. The van der Waals surface area contributed by atoms with E-state index in [2.05, 4.69) is 106 Å². The van der Waals surface area contributed by atoms with E-state index in [9.17, 15) is 46.2 Å². The Bertz CT molecular complexity index is 6760. The van der Waals surface area contributed by atoms with E-state index >= 15 is 0 Å². The van der Waals surface area contributed by atoms with Gasteiger partial charge in [-0.15, -0.1) is 0 Å². The number of anilines is 7. The van der Waals surface area contributed by atoms with Crippen LogP contribution in [0.25, 0.3) is 90.0 Å². The minimum absolute atomic E-state index is 0. The molecule has 0 radical (unpaired) electrons. The number of amides is 1. The van der Waals surface area contributed by atoms with Crippen LogP contribution in [0.1, 0.15) is 100 Å². The molecule has 46 heteroatoms. The number of nitrogens with two attached hydrogens (primary N) is 2. The van der Waals surface area contributed by atoms with E-state index in [0.717, 1.165) is 12.8 Å². The molecule has 2 saturated carbocycles. The van der Waals surface area contributed by atoms with Crippen molar-refractivity contribution >= 4 is 189 Å². The number of halogens is 11. The van der Waals surface area contributed by atoms with Crippen molar-refractivity contribution in [2.24, 2.45) is 5.73 Å². The predicted molar refractivity (Wildman–Crippen MR) is 478 cm³/mol. The first kappa shape index (κ1) is 98.7. The number of rotatable bonds is 15. The standard InChI is InChI=1S/C21H16ClFN6O2.C19H13ClFN5O3.C18H11ClFN5O3.C12H6Cl2FN3O.C7H8N2O2.C3H7N.CH3F.CH3I.CH4.Na.H2O/c1-10-17-19(26-16-6-7-24-9-14(16)20(30)25-12-3-4-12)27-18(28-21(17)31-29-10)13-8-11(22)2-5-15(13)23;1-9-15-17(23-14-5-6-22-8-12(14)19(27)28-2)24-16(25-18(15)29-26-9)11-7-10(20)3-4-13(11)21;1-8-14-16(22-13-4-5-21-7-11(13)18(26)27)23-15(24-17(14)28-25-8)10-6-9(19)2-3-12(10)20;1-5-9-10(14)16-11(17-12(9)19-18-5)7-4-6(13)2-3-8(7)15;1-11-7(10)5-4-9-3-2-6(5)8;4-3-1-2-3;2*1-2;;;/h2,5-9,12H,3-4H2,1H3,(H,25,30)(H,24,26,27,28);3-8H,1-2H3,(H,22,23,24,25);2-7H,1H3,(H,26,27)(H,21,22,23,24);2-4H,1H3;2-4H,1H3,(H2,8,9);3H,1-2,4H2;2*1H3;1H4;;1H2/q;;;;;;;;;+1;/p-1/i;;;;;;2*1D;;;. The molecule has 0 saturated heterocycles. The predicted octanol–water partition coefficient (Wildman–Crippen LogP) is 16.6. The van der Waals surface area contributed by atoms with E-state index < -0.39 is 48.3 Å². The van der Waals surface area contributed by atoms with Crippen molar-refractivity contribution < 1.29 is 112 Å². The fourth-order valence-electron chi connectivity index (χ4n) is 11.1. The number of nitrogens with zero attached hydrogens (tertiary/aromatic N) is 16. The first-order chi connectivity index (χ1) is 61.4. The number of benzene rings is 4. The molecule has 0 bridgehead atoms.